The predicted octanol–water partition coefficient (Wildman–Crippen LogP) is 2.31. The van der Waals surface area contributed by atoms with Crippen LogP contribution in [-0.4, -0.2) is 11.7 Å². The number of hydrogen-bond donors (Lipinski definition) is 2. The van der Waals surface area contributed by atoms with Crippen LogP contribution >= 0.6 is 12.2 Å². The van der Waals surface area contributed by atoms with Crippen molar-refractivity contribution in [2.75, 3.05) is 11.9 Å². The first-order valence-corrected chi connectivity index (χ1v) is 4.97. The van der Waals surface area contributed by atoms with Crippen molar-refractivity contribution in [3.63, 3.8) is 0 Å². The molecule has 0 aliphatic carbocycles. The van der Waals surface area contributed by atoms with Crippen molar-refractivity contribution in [1.29, 1.82) is 0 Å². The minimum Gasteiger partial charge on any atom is -0.331 e. The van der Waals surface area contributed by atoms with Gasteiger partial charge in [0.15, 0.2) is 5.11 Å². The first-order chi connectivity index (χ1) is 6.83. The molecule has 76 valence electrons. The summed E-state index contributed by atoms with van der Waals surface area (Å²) in [4.78, 5) is 5.06. The topological polar surface area (TPSA) is 33.3 Å². The van der Waals surface area contributed by atoms with Crippen molar-refractivity contribution >= 4 is 23.0 Å². The molecular weight excluding hydrogens is 196 g/mol. The molecule has 0 aliphatic rings. The molecule has 0 saturated heterocycles. The van der Waals surface area contributed by atoms with E-state index in [-0.39, 0.29) is 0 Å². The number of hydroxylamine groups is 1. The van der Waals surface area contributed by atoms with E-state index < -0.39 is 0 Å². The lowest BCUT2D eigenvalue weighted by molar-refractivity contribution is 0.0872. The molecule has 0 spiro atoms. The standard InChI is InChI=1S/C10H14N2OS/c1-2-8-13-12-10(14)11-9-6-4-3-5-7-9/h3-7H,2,8H2,1H3,(H2,11,12,14). The maximum absolute atomic E-state index is 5.06. The second-order valence-corrected chi connectivity index (χ2v) is 3.18. The van der Waals surface area contributed by atoms with Crippen molar-refractivity contribution in [1.82, 2.24) is 5.48 Å². The van der Waals surface area contributed by atoms with Gasteiger partial charge in [0, 0.05) is 5.69 Å². The van der Waals surface area contributed by atoms with Crippen LogP contribution in [-0.2, 0) is 4.84 Å². The third-order valence-corrected chi connectivity index (χ3v) is 1.69. The van der Waals surface area contributed by atoms with Crippen LogP contribution < -0.4 is 10.8 Å². The Morgan fingerprint density at radius 1 is 1.36 bits per heavy atom. The number of para-hydroxylation sites is 1. The maximum atomic E-state index is 5.06. The summed E-state index contributed by atoms with van der Waals surface area (Å²) in [6, 6.07) is 9.71. The van der Waals surface area contributed by atoms with Crippen LogP contribution in [0.2, 0.25) is 0 Å². The lowest BCUT2D eigenvalue weighted by Crippen LogP contribution is -2.28. The molecule has 0 amide bonds. The van der Waals surface area contributed by atoms with Crippen LogP contribution in [0.25, 0.3) is 0 Å². The normalized spacial score (nSPS) is 9.50. The summed E-state index contributed by atoms with van der Waals surface area (Å²) in [7, 11) is 0. The van der Waals surface area contributed by atoms with Gasteiger partial charge in [-0.05, 0) is 30.8 Å². The molecule has 3 nitrogen and oxygen atoms in total. The van der Waals surface area contributed by atoms with Gasteiger partial charge in [-0.2, -0.15) is 0 Å². The minimum atomic E-state index is 0.477. The molecule has 0 atom stereocenters. The minimum absolute atomic E-state index is 0.477. The molecule has 0 heterocycles. The second kappa shape index (κ2) is 6.34. The van der Waals surface area contributed by atoms with E-state index in [9.17, 15) is 0 Å². The summed E-state index contributed by atoms with van der Waals surface area (Å²) >= 11 is 5.00. The van der Waals surface area contributed by atoms with Crippen molar-refractivity contribution in [3.8, 4) is 0 Å². The molecule has 2 N–H and O–H groups in total. The second-order valence-electron chi connectivity index (χ2n) is 2.77. The monoisotopic (exact) mass is 210 g/mol. The highest BCUT2D eigenvalue weighted by molar-refractivity contribution is 7.80. The summed E-state index contributed by atoms with van der Waals surface area (Å²) in [6.07, 6.45) is 0.959. The largest absolute Gasteiger partial charge is 0.331 e. The first-order valence-electron chi connectivity index (χ1n) is 4.56. The van der Waals surface area contributed by atoms with Gasteiger partial charge < -0.3 is 5.32 Å². The van der Waals surface area contributed by atoms with Gasteiger partial charge in [-0.3, -0.25) is 4.84 Å². The van der Waals surface area contributed by atoms with Crippen LogP contribution in [0.5, 0.6) is 0 Å². The molecule has 1 rings (SSSR count). The van der Waals surface area contributed by atoms with E-state index in [2.05, 4.69) is 10.8 Å². The van der Waals surface area contributed by atoms with Crippen molar-refractivity contribution in [2.24, 2.45) is 0 Å². The Hall–Kier alpha value is -1.13. The van der Waals surface area contributed by atoms with E-state index in [4.69, 9.17) is 17.1 Å². The van der Waals surface area contributed by atoms with Gasteiger partial charge in [-0.15, -0.1) is 0 Å². The quantitative estimate of drug-likeness (QED) is 0.454. The van der Waals surface area contributed by atoms with Gasteiger partial charge >= 0.3 is 0 Å². The van der Waals surface area contributed by atoms with Crippen LogP contribution in [0.1, 0.15) is 13.3 Å². The fourth-order valence-electron chi connectivity index (χ4n) is 0.897. The van der Waals surface area contributed by atoms with Gasteiger partial charge in [0.2, 0.25) is 0 Å². The molecule has 1 aromatic carbocycles. The van der Waals surface area contributed by atoms with E-state index in [1.54, 1.807) is 0 Å². The molecule has 0 saturated carbocycles. The average Bonchev–Trinajstić information content (AvgIpc) is 2.20. The van der Waals surface area contributed by atoms with Crippen LogP contribution in [0.4, 0.5) is 5.69 Å². The number of benzene rings is 1. The molecule has 14 heavy (non-hydrogen) atoms. The summed E-state index contributed by atoms with van der Waals surface area (Å²) < 4.78 is 0. The van der Waals surface area contributed by atoms with Crippen LogP contribution in [0.15, 0.2) is 30.3 Å². The molecule has 0 aliphatic heterocycles. The van der Waals surface area contributed by atoms with E-state index >= 15 is 0 Å². The highest BCUT2D eigenvalue weighted by Gasteiger charge is 1.94. The Morgan fingerprint density at radius 3 is 2.71 bits per heavy atom. The fourth-order valence-corrected chi connectivity index (χ4v) is 1.07. The molecule has 0 bridgehead atoms. The molecule has 0 unspecified atom stereocenters. The molecule has 4 heteroatoms. The number of anilines is 1. The first kappa shape index (κ1) is 10.9. The van der Waals surface area contributed by atoms with Gasteiger partial charge in [0.25, 0.3) is 0 Å². The highest BCUT2D eigenvalue weighted by atomic mass is 32.1. The predicted molar refractivity (Wildman–Crippen MR) is 62.0 cm³/mol. The van der Waals surface area contributed by atoms with E-state index in [1.165, 1.54) is 0 Å². The smallest absolute Gasteiger partial charge is 0.195 e. The summed E-state index contributed by atoms with van der Waals surface area (Å²) in [5, 5.41) is 3.47. The van der Waals surface area contributed by atoms with Crippen molar-refractivity contribution in [2.45, 2.75) is 13.3 Å². The van der Waals surface area contributed by atoms with E-state index in [0.717, 1.165) is 12.1 Å². The number of thiocarbonyl (C=S) groups is 1. The number of rotatable bonds is 4. The zero-order valence-electron chi connectivity index (χ0n) is 8.12. The van der Waals surface area contributed by atoms with Crippen LogP contribution in [0.3, 0.4) is 0 Å². The zero-order chi connectivity index (χ0) is 10.2. The zero-order valence-corrected chi connectivity index (χ0v) is 8.93. The fraction of sp³-hybridized carbons (Fsp3) is 0.300. The third-order valence-electron chi connectivity index (χ3n) is 1.50. The highest BCUT2D eigenvalue weighted by Crippen LogP contribution is 2.04. The molecule has 0 fully saturated rings. The van der Waals surface area contributed by atoms with Crippen molar-refractivity contribution < 1.29 is 4.84 Å². The van der Waals surface area contributed by atoms with Gasteiger partial charge in [-0.25, -0.2) is 5.48 Å². The number of hydrogen-bond acceptors (Lipinski definition) is 2. The summed E-state index contributed by atoms with van der Waals surface area (Å²) in [5.74, 6) is 0. The Kier molecular flexibility index (Phi) is 4.96. The Labute approximate surface area is 89.4 Å². The molecule has 1 aromatic rings. The van der Waals surface area contributed by atoms with Crippen molar-refractivity contribution in [3.05, 3.63) is 30.3 Å². The van der Waals surface area contributed by atoms with Crippen LogP contribution in [0, 0.1) is 0 Å². The third kappa shape index (κ3) is 4.20. The Bertz CT molecular complexity index is 277. The SMILES string of the molecule is CCCONC(=S)Nc1ccccc1. The molecular formula is C10H14N2OS. The van der Waals surface area contributed by atoms with Gasteiger partial charge in [0.1, 0.15) is 0 Å². The lowest BCUT2D eigenvalue weighted by Gasteiger charge is -2.09. The Morgan fingerprint density at radius 2 is 2.07 bits per heavy atom. The maximum Gasteiger partial charge on any atom is 0.195 e. The molecule has 0 aromatic heterocycles. The van der Waals surface area contributed by atoms with Gasteiger partial charge in [0.05, 0.1) is 6.61 Å². The summed E-state index contributed by atoms with van der Waals surface area (Å²) in [5.41, 5.74) is 3.60. The van der Waals surface area contributed by atoms with Gasteiger partial charge in [-0.1, -0.05) is 25.1 Å². The summed E-state index contributed by atoms with van der Waals surface area (Å²) in [6.45, 7) is 2.69. The van der Waals surface area contributed by atoms with E-state index in [1.807, 2.05) is 37.3 Å². The average molecular weight is 210 g/mol. The molecule has 0 radical (unpaired) electrons. The van der Waals surface area contributed by atoms with E-state index in [0.29, 0.717) is 11.7 Å². The Balaban J connectivity index is 2.27. The number of nitrogens with one attached hydrogen (secondary N) is 2. The lowest BCUT2D eigenvalue weighted by atomic mass is 10.3.